The van der Waals surface area contributed by atoms with Gasteiger partial charge in [0.15, 0.2) is 0 Å². The number of carboxylic acid groups (broad SMARTS) is 1. The second kappa shape index (κ2) is 9.99. The van der Waals surface area contributed by atoms with Gasteiger partial charge in [-0.1, -0.05) is 23.8 Å². The minimum Gasteiger partial charge on any atom is -0.480 e. The van der Waals surface area contributed by atoms with Crippen molar-refractivity contribution in [2.24, 2.45) is 5.73 Å². The van der Waals surface area contributed by atoms with Crippen LogP contribution in [-0.4, -0.2) is 36.4 Å². The number of aliphatic carboxylic acids is 1. The van der Waals surface area contributed by atoms with Crippen LogP contribution in [0.25, 0.3) is 0 Å². The van der Waals surface area contributed by atoms with Gasteiger partial charge in [-0.25, -0.2) is 4.79 Å². The van der Waals surface area contributed by atoms with Gasteiger partial charge in [0.1, 0.15) is 6.04 Å². The van der Waals surface area contributed by atoms with Crippen LogP contribution in [0.2, 0.25) is 0 Å². The lowest BCUT2D eigenvalue weighted by atomic mass is 10.0. The normalized spacial score (nSPS) is 15.2. The number of nitrogens with one attached hydrogen (secondary N) is 1. The molecule has 0 aliphatic heterocycles. The van der Waals surface area contributed by atoms with Gasteiger partial charge in [0.2, 0.25) is 0 Å². The average molecular weight is 296 g/mol. The van der Waals surface area contributed by atoms with Gasteiger partial charge in [0, 0.05) is 13.0 Å². The number of carbonyl (C=O) groups is 2. The first-order valence-electron chi connectivity index (χ1n) is 7.33. The van der Waals surface area contributed by atoms with Gasteiger partial charge in [0.05, 0.1) is 6.61 Å². The van der Waals surface area contributed by atoms with E-state index in [1.807, 2.05) is 6.08 Å². The summed E-state index contributed by atoms with van der Waals surface area (Å²) in [4.78, 5) is 21.9. The van der Waals surface area contributed by atoms with E-state index in [1.54, 1.807) is 0 Å². The third-order valence-corrected chi connectivity index (χ3v) is 3.28. The quantitative estimate of drug-likeness (QED) is 0.565. The summed E-state index contributed by atoms with van der Waals surface area (Å²) in [6, 6.07) is -0.824. The second-order valence-corrected chi connectivity index (χ2v) is 5.04. The molecule has 0 saturated heterocycles. The number of carboxylic acids is 1. The van der Waals surface area contributed by atoms with Crippen LogP contribution < -0.4 is 11.1 Å². The molecule has 1 aliphatic carbocycles. The molecule has 0 fully saturated rings. The Morgan fingerprint density at radius 2 is 2.24 bits per heavy atom. The molecular weight excluding hydrogens is 272 g/mol. The lowest BCUT2D eigenvalue weighted by molar-refractivity contribution is -0.138. The Bertz CT molecular complexity index is 404. The summed E-state index contributed by atoms with van der Waals surface area (Å²) < 4.78 is 5.08. The summed E-state index contributed by atoms with van der Waals surface area (Å²) in [5.74, 6) is -0.991. The van der Waals surface area contributed by atoms with Gasteiger partial charge < -0.3 is 20.9 Å². The molecule has 1 unspecified atom stereocenters. The van der Waals surface area contributed by atoms with Crippen LogP contribution in [0.3, 0.4) is 0 Å². The van der Waals surface area contributed by atoms with Crippen molar-refractivity contribution < 1.29 is 19.4 Å². The molecule has 1 amide bonds. The number of allylic oxidation sites excluding steroid dienone is 3. The highest BCUT2D eigenvalue weighted by Gasteiger charge is 2.10. The first-order chi connectivity index (χ1) is 10.1. The summed E-state index contributed by atoms with van der Waals surface area (Å²) in [6.45, 7) is 0.853. The number of nitrogens with two attached hydrogens (primary N) is 1. The van der Waals surface area contributed by atoms with Crippen LogP contribution in [-0.2, 0) is 9.53 Å². The smallest absolute Gasteiger partial charge is 0.407 e. The number of alkyl carbamates (subject to hydrolysis) is 1. The lowest BCUT2D eigenvalue weighted by Crippen LogP contribution is -2.30. The molecule has 6 nitrogen and oxygen atoms in total. The van der Waals surface area contributed by atoms with Crippen molar-refractivity contribution in [1.29, 1.82) is 0 Å². The number of amides is 1. The molecule has 0 radical (unpaired) electrons. The van der Waals surface area contributed by atoms with E-state index in [-0.39, 0.29) is 0 Å². The highest BCUT2D eigenvalue weighted by Crippen LogP contribution is 2.14. The standard InChI is InChI=1S/C15H24N2O4/c16-13(14(18)19)8-4-5-10-17-15(20)21-11-9-12-6-2-1-3-7-12/h1-2,6,13H,3-5,7-11,16H2,(H,17,20)(H,18,19). The number of hydrogen-bond donors (Lipinski definition) is 3. The molecule has 0 bridgehead atoms. The number of ether oxygens (including phenoxy) is 1. The van der Waals surface area contributed by atoms with Crippen molar-refractivity contribution in [3.63, 3.8) is 0 Å². The Balaban J connectivity index is 1.97. The summed E-state index contributed by atoms with van der Waals surface area (Å²) in [7, 11) is 0. The Morgan fingerprint density at radius 1 is 1.43 bits per heavy atom. The van der Waals surface area contributed by atoms with Crippen molar-refractivity contribution >= 4 is 12.1 Å². The molecule has 4 N–H and O–H groups in total. The highest BCUT2D eigenvalue weighted by atomic mass is 16.5. The number of unbranched alkanes of at least 4 members (excludes halogenated alkanes) is 1. The van der Waals surface area contributed by atoms with E-state index in [9.17, 15) is 9.59 Å². The molecule has 0 saturated carbocycles. The highest BCUT2D eigenvalue weighted by molar-refractivity contribution is 5.72. The van der Waals surface area contributed by atoms with Crippen molar-refractivity contribution in [1.82, 2.24) is 5.32 Å². The first kappa shape index (κ1) is 17.2. The maximum absolute atomic E-state index is 11.4. The Labute approximate surface area is 125 Å². The molecule has 1 rings (SSSR count). The van der Waals surface area contributed by atoms with Crippen LogP contribution in [0.1, 0.15) is 38.5 Å². The minimum atomic E-state index is -0.991. The molecule has 0 aromatic rings. The topological polar surface area (TPSA) is 102 Å². The average Bonchev–Trinajstić information content (AvgIpc) is 2.47. The molecule has 1 aliphatic rings. The monoisotopic (exact) mass is 296 g/mol. The molecule has 0 aromatic carbocycles. The van der Waals surface area contributed by atoms with E-state index >= 15 is 0 Å². The maximum Gasteiger partial charge on any atom is 0.407 e. The Hall–Kier alpha value is -1.82. The van der Waals surface area contributed by atoms with E-state index in [0.717, 1.165) is 19.3 Å². The maximum atomic E-state index is 11.4. The van der Waals surface area contributed by atoms with Crippen molar-refractivity contribution in [2.75, 3.05) is 13.2 Å². The minimum absolute atomic E-state index is 0.384. The zero-order chi connectivity index (χ0) is 15.5. The van der Waals surface area contributed by atoms with Crippen molar-refractivity contribution in [3.05, 3.63) is 23.8 Å². The SMILES string of the molecule is NC(CCCCNC(=O)OCCC1=CC=CCC1)C(=O)O. The molecule has 0 aromatic heterocycles. The Kier molecular flexibility index (Phi) is 8.19. The van der Waals surface area contributed by atoms with Crippen molar-refractivity contribution in [3.8, 4) is 0 Å². The molecular formula is C15H24N2O4. The zero-order valence-corrected chi connectivity index (χ0v) is 12.2. The molecule has 6 heteroatoms. The van der Waals surface area contributed by atoms with Gasteiger partial charge in [-0.3, -0.25) is 4.79 Å². The molecule has 1 atom stereocenters. The number of rotatable bonds is 9. The van der Waals surface area contributed by atoms with Gasteiger partial charge in [-0.2, -0.15) is 0 Å². The predicted molar refractivity (Wildman–Crippen MR) is 79.9 cm³/mol. The number of hydrogen-bond acceptors (Lipinski definition) is 4. The second-order valence-electron chi connectivity index (χ2n) is 5.04. The van der Waals surface area contributed by atoms with Gasteiger partial charge in [-0.15, -0.1) is 0 Å². The molecule has 118 valence electrons. The third kappa shape index (κ3) is 8.14. The van der Waals surface area contributed by atoms with E-state index in [1.165, 1.54) is 5.57 Å². The van der Waals surface area contributed by atoms with Gasteiger partial charge in [0.25, 0.3) is 0 Å². The molecule has 0 heterocycles. The Morgan fingerprint density at radius 3 is 2.90 bits per heavy atom. The summed E-state index contributed by atoms with van der Waals surface area (Å²) in [5, 5.41) is 11.2. The first-order valence-corrected chi connectivity index (χ1v) is 7.33. The van der Waals surface area contributed by atoms with E-state index < -0.39 is 18.1 Å². The fourth-order valence-electron chi connectivity index (χ4n) is 1.99. The summed E-state index contributed by atoms with van der Waals surface area (Å²) in [5.41, 5.74) is 6.67. The van der Waals surface area contributed by atoms with Crippen LogP contribution in [0.4, 0.5) is 4.79 Å². The molecule has 0 spiro atoms. The third-order valence-electron chi connectivity index (χ3n) is 3.28. The van der Waals surface area contributed by atoms with Crippen LogP contribution in [0.15, 0.2) is 23.8 Å². The van der Waals surface area contributed by atoms with E-state index in [2.05, 4.69) is 17.5 Å². The van der Waals surface area contributed by atoms with Crippen LogP contribution in [0, 0.1) is 0 Å². The van der Waals surface area contributed by atoms with E-state index in [0.29, 0.717) is 32.4 Å². The largest absolute Gasteiger partial charge is 0.480 e. The fourth-order valence-corrected chi connectivity index (χ4v) is 1.99. The van der Waals surface area contributed by atoms with E-state index in [4.69, 9.17) is 15.6 Å². The van der Waals surface area contributed by atoms with Crippen LogP contribution in [0.5, 0.6) is 0 Å². The van der Waals surface area contributed by atoms with Gasteiger partial charge in [-0.05, 0) is 32.1 Å². The number of carbonyl (C=O) groups excluding carboxylic acids is 1. The fraction of sp³-hybridized carbons (Fsp3) is 0.600. The van der Waals surface area contributed by atoms with Crippen molar-refractivity contribution in [2.45, 2.75) is 44.6 Å². The van der Waals surface area contributed by atoms with Crippen LogP contribution >= 0.6 is 0 Å². The zero-order valence-electron chi connectivity index (χ0n) is 12.2. The lowest BCUT2D eigenvalue weighted by Gasteiger charge is -2.10. The van der Waals surface area contributed by atoms with Gasteiger partial charge >= 0.3 is 12.1 Å². The summed E-state index contributed by atoms with van der Waals surface area (Å²) >= 11 is 0. The predicted octanol–water partition coefficient (Wildman–Crippen LogP) is 1.96. The summed E-state index contributed by atoms with van der Waals surface area (Å²) in [6.07, 6.45) is 10.4. The molecule has 21 heavy (non-hydrogen) atoms.